The molecule has 0 aliphatic carbocycles. The number of hydrogen-bond acceptors (Lipinski definition) is 4. The normalized spacial score (nSPS) is 15.5. The van der Waals surface area contributed by atoms with Crippen molar-refractivity contribution in [1.29, 1.82) is 0 Å². The molecule has 3 rings (SSSR count). The van der Waals surface area contributed by atoms with Crippen LogP contribution in [0, 0.1) is 5.82 Å². The standard InChI is InChI=1S/C19H13ClF4O4.Na/c1-2-9-3-4-14(13(21)5-9)27-16-8-15-10(7-12(16)20)6-11(18(25)26)17(28-15)19(22,23)24;/h3-8,17H,2H2,1H3,(H,25,26);/q;+1/p-1. The second kappa shape index (κ2) is 8.95. The molecule has 0 bridgehead atoms. The summed E-state index contributed by atoms with van der Waals surface area (Å²) in [5, 5.41) is 11.0. The molecule has 10 heteroatoms. The first-order valence-corrected chi connectivity index (χ1v) is 8.44. The van der Waals surface area contributed by atoms with Gasteiger partial charge in [-0.15, -0.1) is 0 Å². The number of benzene rings is 2. The van der Waals surface area contributed by atoms with Gasteiger partial charge in [0.1, 0.15) is 11.5 Å². The SMILES string of the molecule is CCc1ccc(Oc2cc3c(cc2Cl)C=C(C(=O)[O-])C(C(F)(F)F)O3)c(F)c1.[Na+]. The van der Waals surface area contributed by atoms with Crippen LogP contribution in [0.25, 0.3) is 6.08 Å². The van der Waals surface area contributed by atoms with E-state index in [1.807, 2.05) is 6.92 Å². The van der Waals surface area contributed by atoms with E-state index in [1.54, 1.807) is 6.07 Å². The fourth-order valence-electron chi connectivity index (χ4n) is 2.65. The Labute approximate surface area is 190 Å². The van der Waals surface area contributed by atoms with Crippen LogP contribution >= 0.6 is 11.6 Å². The summed E-state index contributed by atoms with van der Waals surface area (Å²) in [5.74, 6) is -3.30. The molecule has 148 valence electrons. The van der Waals surface area contributed by atoms with Crippen molar-refractivity contribution in [3.8, 4) is 17.2 Å². The number of hydrogen-bond donors (Lipinski definition) is 0. The minimum atomic E-state index is -4.98. The summed E-state index contributed by atoms with van der Waals surface area (Å²) in [6, 6.07) is 6.49. The van der Waals surface area contributed by atoms with Gasteiger partial charge >= 0.3 is 35.7 Å². The number of fused-ring (bicyclic) bond motifs is 1. The minimum Gasteiger partial charge on any atom is -0.545 e. The van der Waals surface area contributed by atoms with Gasteiger partial charge in [-0.25, -0.2) is 4.39 Å². The second-order valence-corrected chi connectivity index (χ2v) is 6.37. The average molecular weight is 439 g/mol. The third-order valence-corrected chi connectivity index (χ3v) is 4.36. The fraction of sp³-hybridized carbons (Fsp3) is 0.211. The maximum Gasteiger partial charge on any atom is 1.00 e. The number of aryl methyl sites for hydroxylation is 1. The number of carbonyl (C=O) groups excluding carboxylic acids is 1. The summed E-state index contributed by atoms with van der Waals surface area (Å²) in [6.45, 7) is 1.85. The number of ether oxygens (including phenoxy) is 2. The Kier molecular flexibility index (Phi) is 7.27. The molecule has 0 saturated carbocycles. The first-order chi connectivity index (χ1) is 13.1. The van der Waals surface area contributed by atoms with Crippen LogP contribution in [0.15, 0.2) is 35.9 Å². The molecule has 0 fully saturated rings. The van der Waals surface area contributed by atoms with E-state index >= 15 is 0 Å². The number of alkyl halides is 3. The van der Waals surface area contributed by atoms with E-state index in [1.165, 1.54) is 18.2 Å². The average Bonchev–Trinajstić information content (AvgIpc) is 2.62. The molecule has 1 heterocycles. The van der Waals surface area contributed by atoms with E-state index in [4.69, 9.17) is 21.1 Å². The molecular formula is C19H12ClF4NaO4. The number of rotatable bonds is 4. The van der Waals surface area contributed by atoms with Crippen molar-refractivity contribution in [3.63, 3.8) is 0 Å². The Morgan fingerprint density at radius 2 is 1.93 bits per heavy atom. The van der Waals surface area contributed by atoms with E-state index < -0.39 is 29.6 Å². The first kappa shape index (κ1) is 23.5. The zero-order chi connectivity index (χ0) is 20.6. The summed E-state index contributed by atoms with van der Waals surface area (Å²) >= 11 is 6.06. The largest absolute Gasteiger partial charge is 1.00 e. The molecule has 0 N–H and O–H groups in total. The van der Waals surface area contributed by atoms with Crippen LogP contribution in [0.4, 0.5) is 17.6 Å². The van der Waals surface area contributed by atoms with Gasteiger partial charge in [0.25, 0.3) is 0 Å². The van der Waals surface area contributed by atoms with E-state index in [0.29, 0.717) is 6.42 Å². The van der Waals surface area contributed by atoms with Gasteiger partial charge in [0.15, 0.2) is 11.6 Å². The molecule has 0 radical (unpaired) electrons. The van der Waals surface area contributed by atoms with Gasteiger partial charge in [0.05, 0.1) is 11.0 Å². The molecule has 29 heavy (non-hydrogen) atoms. The van der Waals surface area contributed by atoms with Crippen LogP contribution in [-0.2, 0) is 11.2 Å². The smallest absolute Gasteiger partial charge is 0.545 e. The van der Waals surface area contributed by atoms with Gasteiger partial charge in [-0.05, 0) is 36.3 Å². The predicted molar refractivity (Wildman–Crippen MR) is 90.8 cm³/mol. The molecule has 1 unspecified atom stereocenters. The van der Waals surface area contributed by atoms with Crippen LogP contribution in [0.5, 0.6) is 17.2 Å². The number of carboxylic acid groups (broad SMARTS) is 1. The molecule has 1 aliphatic rings. The summed E-state index contributed by atoms with van der Waals surface area (Å²) in [4.78, 5) is 11.0. The van der Waals surface area contributed by atoms with Gasteiger partial charge < -0.3 is 19.4 Å². The summed E-state index contributed by atoms with van der Waals surface area (Å²) < 4.78 is 63.7. The predicted octanol–water partition coefficient (Wildman–Crippen LogP) is 1.29. The Morgan fingerprint density at radius 3 is 2.48 bits per heavy atom. The van der Waals surface area contributed by atoms with Crippen LogP contribution in [0.1, 0.15) is 18.1 Å². The summed E-state index contributed by atoms with van der Waals surface area (Å²) in [6.07, 6.45) is -6.30. The minimum absolute atomic E-state index is 0. The Morgan fingerprint density at radius 1 is 1.24 bits per heavy atom. The van der Waals surface area contributed by atoms with E-state index in [0.717, 1.165) is 17.7 Å². The fourth-order valence-corrected chi connectivity index (χ4v) is 2.86. The van der Waals surface area contributed by atoms with Crippen molar-refractivity contribution in [3.05, 3.63) is 57.9 Å². The van der Waals surface area contributed by atoms with Gasteiger partial charge in [-0.1, -0.05) is 24.6 Å². The second-order valence-electron chi connectivity index (χ2n) is 5.97. The molecule has 2 aromatic rings. The van der Waals surface area contributed by atoms with Gasteiger partial charge in [0, 0.05) is 17.2 Å². The van der Waals surface area contributed by atoms with Crippen LogP contribution in [-0.4, -0.2) is 18.2 Å². The molecule has 1 aliphatic heterocycles. The molecule has 0 saturated heterocycles. The molecular weight excluding hydrogens is 427 g/mol. The first-order valence-electron chi connectivity index (χ1n) is 8.06. The Bertz CT molecular complexity index is 975. The van der Waals surface area contributed by atoms with Gasteiger partial charge in [-0.2, -0.15) is 13.2 Å². The van der Waals surface area contributed by atoms with Crippen molar-refractivity contribution in [2.24, 2.45) is 0 Å². The zero-order valence-electron chi connectivity index (χ0n) is 15.3. The number of halogens is 5. The molecule has 0 amide bonds. The third-order valence-electron chi connectivity index (χ3n) is 4.06. The summed E-state index contributed by atoms with van der Waals surface area (Å²) in [5.41, 5.74) is -0.345. The van der Waals surface area contributed by atoms with Crippen molar-refractivity contribution in [1.82, 2.24) is 0 Å². The third kappa shape index (κ3) is 5.06. The van der Waals surface area contributed by atoms with Crippen LogP contribution in [0.2, 0.25) is 5.02 Å². The monoisotopic (exact) mass is 438 g/mol. The summed E-state index contributed by atoms with van der Waals surface area (Å²) in [7, 11) is 0. The van der Waals surface area contributed by atoms with Crippen molar-refractivity contribution < 1.29 is 66.5 Å². The topological polar surface area (TPSA) is 58.6 Å². The van der Waals surface area contributed by atoms with Gasteiger partial charge in [0.2, 0.25) is 6.10 Å². The van der Waals surface area contributed by atoms with Crippen LogP contribution in [0.3, 0.4) is 0 Å². The number of carbonyl (C=O) groups is 1. The molecule has 4 nitrogen and oxygen atoms in total. The van der Waals surface area contributed by atoms with E-state index in [-0.39, 0.29) is 57.4 Å². The Hall–Kier alpha value is -1.74. The maximum atomic E-state index is 14.1. The zero-order valence-corrected chi connectivity index (χ0v) is 18.0. The maximum absolute atomic E-state index is 14.1. The number of carboxylic acids is 1. The molecule has 0 aromatic heterocycles. The quantitative estimate of drug-likeness (QED) is 0.533. The van der Waals surface area contributed by atoms with E-state index in [9.17, 15) is 27.5 Å². The van der Waals surface area contributed by atoms with Crippen molar-refractivity contribution in [2.75, 3.05) is 0 Å². The van der Waals surface area contributed by atoms with Crippen LogP contribution < -0.4 is 44.1 Å². The number of aliphatic carboxylic acids is 1. The molecule has 1 atom stereocenters. The van der Waals surface area contributed by atoms with Crippen molar-refractivity contribution >= 4 is 23.6 Å². The molecule has 0 spiro atoms. The molecule has 2 aromatic carbocycles. The van der Waals surface area contributed by atoms with Gasteiger partial charge in [-0.3, -0.25) is 0 Å². The van der Waals surface area contributed by atoms with Crippen molar-refractivity contribution in [2.45, 2.75) is 25.6 Å². The van der Waals surface area contributed by atoms with E-state index in [2.05, 4.69) is 0 Å². The Balaban J connectivity index is 0.00000300.